The van der Waals surface area contributed by atoms with Crippen molar-refractivity contribution in [2.24, 2.45) is 0 Å². The van der Waals surface area contributed by atoms with Crippen LogP contribution in [0.3, 0.4) is 0 Å². The minimum Gasteiger partial charge on any atom is -0.496 e. The van der Waals surface area contributed by atoms with Crippen LogP contribution in [-0.2, 0) is 16.0 Å². The lowest BCUT2D eigenvalue weighted by molar-refractivity contribution is -0.140. The lowest BCUT2D eigenvalue weighted by atomic mass is 10.1. The van der Waals surface area contributed by atoms with Gasteiger partial charge >= 0.3 is 5.97 Å². The van der Waals surface area contributed by atoms with Crippen LogP contribution in [0.15, 0.2) is 28.9 Å². The van der Waals surface area contributed by atoms with Crippen molar-refractivity contribution < 1.29 is 14.3 Å². The van der Waals surface area contributed by atoms with Crippen molar-refractivity contribution in [2.45, 2.75) is 12.8 Å². The van der Waals surface area contributed by atoms with Gasteiger partial charge in [0.2, 0.25) is 0 Å². The Morgan fingerprint density at radius 1 is 1.40 bits per heavy atom. The first-order valence-electron chi connectivity index (χ1n) is 6.08. The molecule has 2 aromatic rings. The van der Waals surface area contributed by atoms with Gasteiger partial charge in [-0.15, -0.1) is 0 Å². The Bertz CT molecular complexity index is 610. The van der Waals surface area contributed by atoms with E-state index in [9.17, 15) is 4.79 Å². The van der Waals surface area contributed by atoms with E-state index in [0.29, 0.717) is 12.8 Å². The Morgan fingerprint density at radius 2 is 2.20 bits per heavy atom. The molecule has 6 heteroatoms. The standard InChI is InChI=1S/C14H15BrN2O3/c1-19-12-4-3-9(7-10(12)15)11-8-16-13(17-11)5-6-14(18)20-2/h3-4,7-8H,5-6H2,1-2H3,(H,16,17). The smallest absolute Gasteiger partial charge is 0.305 e. The minimum atomic E-state index is -0.241. The molecular formula is C14H15BrN2O3. The van der Waals surface area contributed by atoms with Crippen molar-refractivity contribution in [3.8, 4) is 17.0 Å². The van der Waals surface area contributed by atoms with Crippen LogP contribution in [0.25, 0.3) is 11.3 Å². The number of aromatic amines is 1. The van der Waals surface area contributed by atoms with Gasteiger partial charge in [0.15, 0.2) is 0 Å². The van der Waals surface area contributed by atoms with E-state index in [2.05, 4.69) is 30.6 Å². The second kappa shape index (κ2) is 6.56. The average molecular weight is 339 g/mol. The first kappa shape index (κ1) is 14.6. The molecule has 0 unspecified atom stereocenters. The molecular weight excluding hydrogens is 324 g/mol. The van der Waals surface area contributed by atoms with Gasteiger partial charge in [0, 0.05) is 12.0 Å². The predicted molar refractivity (Wildman–Crippen MR) is 78.6 cm³/mol. The number of esters is 1. The molecule has 0 fully saturated rings. The van der Waals surface area contributed by atoms with Gasteiger partial charge in [0.1, 0.15) is 11.6 Å². The van der Waals surface area contributed by atoms with Crippen LogP contribution >= 0.6 is 15.9 Å². The molecule has 106 valence electrons. The Morgan fingerprint density at radius 3 is 2.85 bits per heavy atom. The van der Waals surface area contributed by atoms with E-state index in [1.165, 1.54) is 7.11 Å². The number of aryl methyl sites for hydroxylation is 1. The van der Waals surface area contributed by atoms with Crippen LogP contribution in [0.4, 0.5) is 0 Å². The summed E-state index contributed by atoms with van der Waals surface area (Å²) in [5.74, 6) is 1.30. The molecule has 5 nitrogen and oxygen atoms in total. The fourth-order valence-corrected chi connectivity index (χ4v) is 2.33. The largest absolute Gasteiger partial charge is 0.496 e. The second-order valence-electron chi connectivity index (χ2n) is 4.17. The highest BCUT2D eigenvalue weighted by molar-refractivity contribution is 9.10. The summed E-state index contributed by atoms with van der Waals surface area (Å²) in [6.45, 7) is 0. The lowest BCUT2D eigenvalue weighted by Crippen LogP contribution is -2.02. The first-order chi connectivity index (χ1) is 9.63. The van der Waals surface area contributed by atoms with Crippen LogP contribution in [0.1, 0.15) is 12.2 Å². The van der Waals surface area contributed by atoms with Crippen molar-refractivity contribution in [2.75, 3.05) is 14.2 Å². The summed E-state index contributed by atoms with van der Waals surface area (Å²) in [6, 6.07) is 5.78. The summed E-state index contributed by atoms with van der Waals surface area (Å²) < 4.78 is 10.7. The zero-order valence-corrected chi connectivity index (χ0v) is 12.9. The summed E-state index contributed by atoms with van der Waals surface area (Å²) in [4.78, 5) is 18.5. The molecule has 0 radical (unpaired) electrons. The first-order valence-corrected chi connectivity index (χ1v) is 6.88. The molecule has 0 saturated heterocycles. The van der Waals surface area contributed by atoms with E-state index in [1.54, 1.807) is 13.3 Å². The molecule has 0 aliphatic rings. The van der Waals surface area contributed by atoms with E-state index >= 15 is 0 Å². The Labute approximate surface area is 125 Å². The van der Waals surface area contributed by atoms with Crippen molar-refractivity contribution in [1.82, 2.24) is 9.97 Å². The van der Waals surface area contributed by atoms with Crippen molar-refractivity contribution >= 4 is 21.9 Å². The zero-order valence-electron chi connectivity index (χ0n) is 11.3. The van der Waals surface area contributed by atoms with Gasteiger partial charge in [-0.3, -0.25) is 4.79 Å². The number of carbonyl (C=O) groups excluding carboxylic acids is 1. The summed E-state index contributed by atoms with van der Waals surface area (Å²) in [6.07, 6.45) is 2.60. The number of ether oxygens (including phenoxy) is 2. The number of imidazole rings is 1. The average Bonchev–Trinajstić information content (AvgIpc) is 2.93. The van der Waals surface area contributed by atoms with Crippen LogP contribution in [-0.4, -0.2) is 30.2 Å². The Kier molecular flexibility index (Phi) is 4.79. The summed E-state index contributed by atoms with van der Waals surface area (Å²) in [5.41, 5.74) is 1.89. The topological polar surface area (TPSA) is 64.2 Å². The molecule has 1 heterocycles. The number of rotatable bonds is 5. The molecule has 1 aromatic carbocycles. The molecule has 20 heavy (non-hydrogen) atoms. The fraction of sp³-hybridized carbons (Fsp3) is 0.286. The number of carbonyl (C=O) groups is 1. The second-order valence-corrected chi connectivity index (χ2v) is 5.02. The van der Waals surface area contributed by atoms with Crippen molar-refractivity contribution in [3.05, 3.63) is 34.7 Å². The lowest BCUT2D eigenvalue weighted by Gasteiger charge is -2.04. The molecule has 1 aromatic heterocycles. The number of halogens is 1. The Balaban J connectivity index is 2.12. The molecule has 0 aliphatic heterocycles. The van der Waals surface area contributed by atoms with E-state index < -0.39 is 0 Å². The zero-order chi connectivity index (χ0) is 14.5. The van der Waals surface area contributed by atoms with Gasteiger partial charge in [-0.2, -0.15) is 0 Å². The summed E-state index contributed by atoms with van der Waals surface area (Å²) in [7, 11) is 3.01. The third-order valence-corrected chi connectivity index (χ3v) is 3.50. The van der Waals surface area contributed by atoms with E-state index in [0.717, 1.165) is 27.3 Å². The third kappa shape index (κ3) is 3.39. The maximum Gasteiger partial charge on any atom is 0.305 e. The molecule has 0 atom stereocenters. The number of hydrogen-bond donors (Lipinski definition) is 1. The third-order valence-electron chi connectivity index (χ3n) is 2.88. The van der Waals surface area contributed by atoms with Gasteiger partial charge in [0.25, 0.3) is 0 Å². The van der Waals surface area contributed by atoms with Gasteiger partial charge in [-0.1, -0.05) is 0 Å². The van der Waals surface area contributed by atoms with Crippen LogP contribution in [0.5, 0.6) is 5.75 Å². The van der Waals surface area contributed by atoms with Gasteiger partial charge in [-0.05, 0) is 34.1 Å². The maximum absolute atomic E-state index is 11.1. The maximum atomic E-state index is 11.1. The summed E-state index contributed by atoms with van der Waals surface area (Å²) >= 11 is 3.45. The molecule has 0 bridgehead atoms. The monoisotopic (exact) mass is 338 g/mol. The predicted octanol–water partition coefficient (Wildman–Crippen LogP) is 2.95. The molecule has 0 saturated carbocycles. The van der Waals surface area contributed by atoms with Crippen LogP contribution < -0.4 is 4.74 Å². The van der Waals surface area contributed by atoms with Crippen LogP contribution in [0.2, 0.25) is 0 Å². The molecule has 0 aliphatic carbocycles. The van der Waals surface area contributed by atoms with Crippen molar-refractivity contribution in [3.63, 3.8) is 0 Å². The number of methoxy groups -OCH3 is 2. The Hall–Kier alpha value is -1.82. The van der Waals surface area contributed by atoms with E-state index in [4.69, 9.17) is 4.74 Å². The minimum absolute atomic E-state index is 0.241. The SMILES string of the molecule is COC(=O)CCc1ncc(-c2ccc(OC)c(Br)c2)[nH]1. The number of H-pyrrole nitrogens is 1. The highest BCUT2D eigenvalue weighted by Crippen LogP contribution is 2.29. The van der Waals surface area contributed by atoms with Gasteiger partial charge < -0.3 is 14.5 Å². The van der Waals surface area contributed by atoms with Gasteiger partial charge in [-0.25, -0.2) is 4.98 Å². The normalized spacial score (nSPS) is 10.3. The molecule has 1 N–H and O–H groups in total. The van der Waals surface area contributed by atoms with E-state index in [-0.39, 0.29) is 5.97 Å². The van der Waals surface area contributed by atoms with E-state index in [1.807, 2.05) is 18.2 Å². The number of hydrogen-bond acceptors (Lipinski definition) is 4. The molecule has 2 rings (SSSR count). The highest BCUT2D eigenvalue weighted by Gasteiger charge is 2.08. The van der Waals surface area contributed by atoms with Crippen molar-refractivity contribution in [1.29, 1.82) is 0 Å². The number of benzene rings is 1. The number of nitrogens with one attached hydrogen (secondary N) is 1. The molecule has 0 spiro atoms. The number of nitrogens with zero attached hydrogens (tertiary/aromatic N) is 1. The van der Waals surface area contributed by atoms with Crippen LogP contribution in [0, 0.1) is 0 Å². The fourth-order valence-electron chi connectivity index (χ4n) is 1.79. The quantitative estimate of drug-likeness (QED) is 0.851. The van der Waals surface area contributed by atoms with Gasteiger partial charge in [0.05, 0.1) is 37.0 Å². The highest BCUT2D eigenvalue weighted by atomic mass is 79.9. The molecule has 0 amide bonds. The number of aromatic nitrogens is 2. The summed E-state index contributed by atoms with van der Waals surface area (Å²) in [5, 5.41) is 0.